The Hall–Kier alpha value is -2.30. The van der Waals surface area contributed by atoms with Crippen LogP contribution in [0.25, 0.3) is 0 Å². The van der Waals surface area contributed by atoms with Crippen molar-refractivity contribution in [1.29, 1.82) is 0 Å². The zero-order valence-electron chi connectivity index (χ0n) is 11.3. The lowest BCUT2D eigenvalue weighted by atomic mass is 10.2. The fraction of sp³-hybridized carbons (Fsp3) is 0.333. The third kappa shape index (κ3) is 3.60. The first kappa shape index (κ1) is 14.1. The molecule has 0 saturated carbocycles. The van der Waals surface area contributed by atoms with E-state index in [0.717, 1.165) is 0 Å². The van der Waals surface area contributed by atoms with E-state index in [-0.39, 0.29) is 11.8 Å². The molecule has 1 fully saturated rings. The Morgan fingerprint density at radius 2 is 2.10 bits per heavy atom. The summed E-state index contributed by atoms with van der Waals surface area (Å²) in [4.78, 5) is 25.3. The molecule has 2 rings (SSSR count). The van der Waals surface area contributed by atoms with Crippen LogP contribution in [0.3, 0.4) is 0 Å². The zero-order valence-corrected chi connectivity index (χ0v) is 11.3. The summed E-state index contributed by atoms with van der Waals surface area (Å²) >= 11 is 0. The first-order valence-electron chi connectivity index (χ1n) is 6.60. The number of benzene rings is 1. The molecule has 1 N–H and O–H groups in total. The normalized spacial score (nSPS) is 15.2. The SMILES string of the molecule is C=CCOc1ccc(C(=O)N2CCNC(=O)CC2)cc1. The summed E-state index contributed by atoms with van der Waals surface area (Å²) in [5.41, 5.74) is 0.602. The molecule has 1 aliphatic rings. The molecule has 20 heavy (non-hydrogen) atoms. The number of hydrogen-bond acceptors (Lipinski definition) is 3. The van der Waals surface area contributed by atoms with Gasteiger partial charge in [0.2, 0.25) is 5.91 Å². The van der Waals surface area contributed by atoms with Crippen LogP contribution in [0.5, 0.6) is 5.75 Å². The second-order valence-corrected chi connectivity index (χ2v) is 4.52. The average molecular weight is 274 g/mol. The Morgan fingerprint density at radius 3 is 2.80 bits per heavy atom. The average Bonchev–Trinajstić information content (AvgIpc) is 2.70. The summed E-state index contributed by atoms with van der Waals surface area (Å²) in [7, 11) is 0. The van der Waals surface area contributed by atoms with Gasteiger partial charge in [-0.1, -0.05) is 12.7 Å². The molecule has 5 nitrogen and oxygen atoms in total. The van der Waals surface area contributed by atoms with Crippen LogP contribution in [0.1, 0.15) is 16.8 Å². The van der Waals surface area contributed by atoms with Gasteiger partial charge in [0.05, 0.1) is 0 Å². The molecule has 1 saturated heterocycles. The quantitative estimate of drug-likeness (QED) is 0.840. The summed E-state index contributed by atoms with van der Waals surface area (Å²) in [6, 6.07) is 7.00. The molecule has 0 atom stereocenters. The van der Waals surface area contributed by atoms with Crippen LogP contribution in [0.15, 0.2) is 36.9 Å². The Balaban J connectivity index is 2.01. The maximum Gasteiger partial charge on any atom is 0.253 e. The number of nitrogens with zero attached hydrogens (tertiary/aromatic N) is 1. The van der Waals surface area contributed by atoms with Crippen LogP contribution in [0.2, 0.25) is 0 Å². The van der Waals surface area contributed by atoms with Crippen molar-refractivity contribution in [3.8, 4) is 5.75 Å². The highest BCUT2D eigenvalue weighted by Crippen LogP contribution is 2.14. The highest BCUT2D eigenvalue weighted by molar-refractivity contribution is 5.94. The van der Waals surface area contributed by atoms with Gasteiger partial charge in [0, 0.05) is 31.6 Å². The molecule has 1 aliphatic heterocycles. The molecular formula is C15H18N2O3. The van der Waals surface area contributed by atoms with Crippen molar-refractivity contribution >= 4 is 11.8 Å². The molecule has 0 unspecified atom stereocenters. The van der Waals surface area contributed by atoms with E-state index in [0.29, 0.717) is 44.0 Å². The van der Waals surface area contributed by atoms with Gasteiger partial charge in [-0.05, 0) is 24.3 Å². The van der Waals surface area contributed by atoms with Gasteiger partial charge < -0.3 is 15.0 Å². The molecule has 1 aromatic rings. The van der Waals surface area contributed by atoms with E-state index < -0.39 is 0 Å². The van der Waals surface area contributed by atoms with E-state index in [9.17, 15) is 9.59 Å². The molecule has 106 valence electrons. The number of amides is 2. The number of rotatable bonds is 4. The molecule has 5 heteroatoms. The van der Waals surface area contributed by atoms with Crippen molar-refractivity contribution in [1.82, 2.24) is 10.2 Å². The lowest BCUT2D eigenvalue weighted by Gasteiger charge is -2.19. The molecule has 2 amide bonds. The van der Waals surface area contributed by atoms with Crippen molar-refractivity contribution in [3.05, 3.63) is 42.5 Å². The van der Waals surface area contributed by atoms with E-state index >= 15 is 0 Å². The van der Waals surface area contributed by atoms with Crippen molar-refractivity contribution in [2.24, 2.45) is 0 Å². The van der Waals surface area contributed by atoms with Gasteiger partial charge in [0.15, 0.2) is 0 Å². The molecule has 0 aromatic heterocycles. The van der Waals surface area contributed by atoms with E-state index in [1.165, 1.54) is 0 Å². The molecule has 1 aromatic carbocycles. The second-order valence-electron chi connectivity index (χ2n) is 4.52. The smallest absolute Gasteiger partial charge is 0.253 e. The Kier molecular flexibility index (Phi) is 4.76. The van der Waals surface area contributed by atoms with Crippen LogP contribution in [0, 0.1) is 0 Å². The van der Waals surface area contributed by atoms with E-state index in [1.807, 2.05) is 0 Å². The number of nitrogens with one attached hydrogen (secondary N) is 1. The Labute approximate surface area is 118 Å². The van der Waals surface area contributed by atoms with Crippen molar-refractivity contribution in [2.45, 2.75) is 6.42 Å². The van der Waals surface area contributed by atoms with Crippen LogP contribution in [0.4, 0.5) is 0 Å². The number of ether oxygens (including phenoxy) is 1. The summed E-state index contributed by atoms with van der Waals surface area (Å²) in [6.45, 7) is 5.52. The van der Waals surface area contributed by atoms with E-state index in [4.69, 9.17) is 4.74 Å². The topological polar surface area (TPSA) is 58.6 Å². The summed E-state index contributed by atoms with van der Waals surface area (Å²) in [5, 5.41) is 2.75. The first-order valence-corrected chi connectivity index (χ1v) is 6.60. The molecule has 1 heterocycles. The summed E-state index contributed by atoms with van der Waals surface area (Å²) < 4.78 is 5.37. The van der Waals surface area contributed by atoms with Crippen LogP contribution >= 0.6 is 0 Å². The standard InChI is InChI=1S/C15H18N2O3/c1-2-11-20-13-5-3-12(4-6-13)15(19)17-9-7-14(18)16-8-10-17/h2-6H,1,7-11H2,(H,16,18). The minimum atomic E-state index is -0.0585. The number of hydrogen-bond donors (Lipinski definition) is 1. The van der Waals surface area contributed by atoms with Crippen molar-refractivity contribution in [3.63, 3.8) is 0 Å². The predicted octanol–water partition coefficient (Wildman–Crippen LogP) is 1.21. The summed E-state index contributed by atoms with van der Waals surface area (Å²) in [6.07, 6.45) is 2.02. The summed E-state index contributed by atoms with van der Waals surface area (Å²) in [5.74, 6) is 0.638. The van der Waals surface area contributed by atoms with E-state index in [2.05, 4.69) is 11.9 Å². The van der Waals surface area contributed by atoms with Gasteiger partial charge in [0.1, 0.15) is 12.4 Å². The largest absolute Gasteiger partial charge is 0.490 e. The minimum absolute atomic E-state index is 0.00604. The molecular weight excluding hydrogens is 256 g/mol. The Morgan fingerprint density at radius 1 is 1.35 bits per heavy atom. The fourth-order valence-corrected chi connectivity index (χ4v) is 2.00. The van der Waals surface area contributed by atoms with Gasteiger partial charge >= 0.3 is 0 Å². The maximum absolute atomic E-state index is 12.3. The van der Waals surface area contributed by atoms with Crippen LogP contribution in [-0.4, -0.2) is 43.0 Å². The maximum atomic E-state index is 12.3. The Bertz CT molecular complexity index is 496. The lowest BCUT2D eigenvalue weighted by Crippen LogP contribution is -2.34. The highest BCUT2D eigenvalue weighted by atomic mass is 16.5. The number of carbonyl (C=O) groups is 2. The van der Waals surface area contributed by atoms with E-state index in [1.54, 1.807) is 35.2 Å². The van der Waals surface area contributed by atoms with Gasteiger partial charge in [-0.25, -0.2) is 0 Å². The number of carbonyl (C=O) groups excluding carboxylic acids is 2. The minimum Gasteiger partial charge on any atom is -0.490 e. The third-order valence-corrected chi connectivity index (χ3v) is 3.07. The van der Waals surface area contributed by atoms with Gasteiger partial charge in [-0.2, -0.15) is 0 Å². The molecule has 0 bridgehead atoms. The van der Waals surface area contributed by atoms with Crippen LogP contribution < -0.4 is 10.1 Å². The lowest BCUT2D eigenvalue weighted by molar-refractivity contribution is -0.120. The first-order chi connectivity index (χ1) is 9.70. The van der Waals surface area contributed by atoms with Crippen LogP contribution in [-0.2, 0) is 4.79 Å². The van der Waals surface area contributed by atoms with Crippen molar-refractivity contribution in [2.75, 3.05) is 26.2 Å². The van der Waals surface area contributed by atoms with Crippen molar-refractivity contribution < 1.29 is 14.3 Å². The predicted molar refractivity (Wildman–Crippen MR) is 75.7 cm³/mol. The fourth-order valence-electron chi connectivity index (χ4n) is 2.00. The van der Waals surface area contributed by atoms with Gasteiger partial charge in [-0.3, -0.25) is 9.59 Å². The van der Waals surface area contributed by atoms with Gasteiger partial charge in [0.25, 0.3) is 5.91 Å². The monoisotopic (exact) mass is 274 g/mol. The molecule has 0 aliphatic carbocycles. The third-order valence-electron chi connectivity index (χ3n) is 3.07. The highest BCUT2D eigenvalue weighted by Gasteiger charge is 2.19. The molecule has 0 spiro atoms. The zero-order chi connectivity index (χ0) is 14.4. The second kappa shape index (κ2) is 6.75. The van der Waals surface area contributed by atoms with Gasteiger partial charge in [-0.15, -0.1) is 0 Å². The molecule has 0 radical (unpaired) electrons.